The summed E-state index contributed by atoms with van der Waals surface area (Å²) in [7, 11) is 3.54. The van der Waals surface area contributed by atoms with Gasteiger partial charge in [0, 0.05) is 17.5 Å². The number of benzene rings is 1. The monoisotopic (exact) mass is 359 g/mol. The minimum Gasteiger partial charge on any atom is -0.497 e. The molecule has 0 aliphatic carbocycles. The zero-order valence-corrected chi connectivity index (χ0v) is 15.3. The Bertz CT molecular complexity index is 853. The number of hydrogen-bond donors (Lipinski definition) is 0. The van der Waals surface area contributed by atoms with Gasteiger partial charge in [0.1, 0.15) is 5.75 Å². The van der Waals surface area contributed by atoms with Crippen LogP contribution in [0.2, 0.25) is 0 Å². The Hall–Kier alpha value is -2.12. The van der Waals surface area contributed by atoms with Crippen LogP contribution in [0.25, 0.3) is 11.4 Å². The molecular weight excluding hydrogens is 342 g/mol. The fourth-order valence-corrected chi connectivity index (χ4v) is 3.91. The molecule has 0 amide bonds. The predicted molar refractivity (Wildman–Crippen MR) is 97.1 cm³/mol. The fraction of sp³-hybridized carbons (Fsp3) is 0.235. The second-order valence-electron chi connectivity index (χ2n) is 5.22. The zero-order valence-electron chi connectivity index (χ0n) is 13.6. The van der Waals surface area contributed by atoms with Crippen LogP contribution in [0.1, 0.15) is 14.5 Å². The molecule has 0 saturated carbocycles. The molecule has 0 fully saturated rings. The normalized spacial score (nSPS) is 10.8. The highest BCUT2D eigenvalue weighted by atomic mass is 32.2. The van der Waals surface area contributed by atoms with Gasteiger partial charge in [-0.3, -0.25) is 4.79 Å². The summed E-state index contributed by atoms with van der Waals surface area (Å²) in [5.74, 6) is 2.04. The van der Waals surface area contributed by atoms with Gasteiger partial charge in [-0.15, -0.1) is 21.5 Å². The number of rotatable bonds is 6. The van der Waals surface area contributed by atoms with E-state index in [4.69, 9.17) is 4.74 Å². The zero-order chi connectivity index (χ0) is 17.1. The minimum atomic E-state index is 0.118. The van der Waals surface area contributed by atoms with Gasteiger partial charge in [-0.25, -0.2) is 0 Å². The quantitative estimate of drug-likeness (QED) is 0.494. The van der Waals surface area contributed by atoms with E-state index in [0.717, 1.165) is 32.0 Å². The molecule has 2 aromatic heterocycles. The average Bonchev–Trinajstić information content (AvgIpc) is 3.19. The van der Waals surface area contributed by atoms with Crippen LogP contribution in [-0.2, 0) is 7.05 Å². The third-order valence-electron chi connectivity index (χ3n) is 3.53. The van der Waals surface area contributed by atoms with Gasteiger partial charge in [0.2, 0.25) is 0 Å². The lowest BCUT2D eigenvalue weighted by Crippen LogP contribution is -2.02. The van der Waals surface area contributed by atoms with Gasteiger partial charge in [0.05, 0.1) is 17.7 Å². The minimum absolute atomic E-state index is 0.118. The highest BCUT2D eigenvalue weighted by Gasteiger charge is 2.14. The fourth-order valence-electron chi connectivity index (χ4n) is 2.22. The van der Waals surface area contributed by atoms with Crippen molar-refractivity contribution >= 4 is 28.9 Å². The lowest BCUT2D eigenvalue weighted by molar-refractivity contribution is 0.102. The molecule has 3 aromatic rings. The van der Waals surface area contributed by atoms with E-state index in [-0.39, 0.29) is 5.78 Å². The number of aromatic nitrogens is 3. The maximum absolute atomic E-state index is 12.2. The van der Waals surface area contributed by atoms with E-state index in [9.17, 15) is 4.79 Å². The molecule has 24 heavy (non-hydrogen) atoms. The molecule has 7 heteroatoms. The van der Waals surface area contributed by atoms with Crippen molar-refractivity contribution in [3.05, 3.63) is 46.2 Å². The van der Waals surface area contributed by atoms with Crippen molar-refractivity contribution in [3.63, 3.8) is 0 Å². The molecule has 0 unspecified atom stereocenters. The summed E-state index contributed by atoms with van der Waals surface area (Å²) in [5, 5.41) is 9.16. The molecule has 0 atom stereocenters. The molecular formula is C17H17N3O2S2. The van der Waals surface area contributed by atoms with Gasteiger partial charge in [-0.05, 0) is 43.3 Å². The Labute approximate surface area is 148 Å². The van der Waals surface area contributed by atoms with Gasteiger partial charge in [0.25, 0.3) is 0 Å². The van der Waals surface area contributed by atoms with E-state index in [2.05, 4.69) is 10.2 Å². The van der Waals surface area contributed by atoms with Crippen molar-refractivity contribution in [2.45, 2.75) is 12.1 Å². The number of thioether (sulfide) groups is 1. The van der Waals surface area contributed by atoms with Crippen LogP contribution < -0.4 is 4.74 Å². The molecule has 3 rings (SSSR count). The molecule has 0 radical (unpaired) electrons. The molecule has 0 bridgehead atoms. The van der Waals surface area contributed by atoms with Crippen LogP contribution >= 0.6 is 23.1 Å². The first-order valence-electron chi connectivity index (χ1n) is 7.34. The van der Waals surface area contributed by atoms with Gasteiger partial charge in [-0.1, -0.05) is 11.8 Å². The van der Waals surface area contributed by atoms with Crippen LogP contribution in [0, 0.1) is 6.92 Å². The molecule has 2 heterocycles. The van der Waals surface area contributed by atoms with Crippen LogP contribution in [0.3, 0.4) is 0 Å². The first-order chi connectivity index (χ1) is 11.6. The second-order valence-corrected chi connectivity index (χ2v) is 7.45. The number of nitrogens with zero attached hydrogens (tertiary/aromatic N) is 3. The largest absolute Gasteiger partial charge is 0.497 e. The Kier molecular flexibility index (Phi) is 5.01. The molecule has 124 valence electrons. The highest BCUT2D eigenvalue weighted by molar-refractivity contribution is 7.99. The van der Waals surface area contributed by atoms with Crippen molar-refractivity contribution in [1.82, 2.24) is 14.8 Å². The summed E-state index contributed by atoms with van der Waals surface area (Å²) < 4.78 is 7.07. The summed E-state index contributed by atoms with van der Waals surface area (Å²) in [6.45, 7) is 2.00. The number of carbonyl (C=O) groups is 1. The number of hydrogen-bond acceptors (Lipinski definition) is 6. The first kappa shape index (κ1) is 16.7. The summed E-state index contributed by atoms with van der Waals surface area (Å²) in [5.41, 5.74) is 0.956. The lowest BCUT2D eigenvalue weighted by atomic mass is 10.2. The third kappa shape index (κ3) is 3.52. The van der Waals surface area contributed by atoms with E-state index >= 15 is 0 Å². The van der Waals surface area contributed by atoms with Gasteiger partial charge < -0.3 is 9.30 Å². The van der Waals surface area contributed by atoms with Gasteiger partial charge in [0.15, 0.2) is 16.8 Å². The average molecular weight is 359 g/mol. The number of aryl methyl sites for hydroxylation is 1. The van der Waals surface area contributed by atoms with Crippen LogP contribution in [0.5, 0.6) is 5.75 Å². The Balaban J connectivity index is 1.71. The van der Waals surface area contributed by atoms with Crippen molar-refractivity contribution < 1.29 is 9.53 Å². The van der Waals surface area contributed by atoms with E-state index < -0.39 is 0 Å². The molecule has 0 spiro atoms. The number of thiophene rings is 1. The van der Waals surface area contributed by atoms with Gasteiger partial charge >= 0.3 is 0 Å². The van der Waals surface area contributed by atoms with Crippen LogP contribution in [-0.4, -0.2) is 33.4 Å². The van der Waals surface area contributed by atoms with E-state index in [1.807, 2.05) is 54.9 Å². The maximum atomic E-state index is 12.2. The molecule has 5 nitrogen and oxygen atoms in total. The van der Waals surface area contributed by atoms with Crippen molar-refractivity contribution in [2.24, 2.45) is 7.05 Å². The summed E-state index contributed by atoms with van der Waals surface area (Å²) in [6.07, 6.45) is 0. The summed E-state index contributed by atoms with van der Waals surface area (Å²) >= 11 is 2.93. The van der Waals surface area contributed by atoms with Gasteiger partial charge in [-0.2, -0.15) is 0 Å². The maximum Gasteiger partial charge on any atom is 0.191 e. The molecule has 0 aliphatic heterocycles. The first-order valence-corrected chi connectivity index (χ1v) is 9.15. The Morgan fingerprint density at radius 1 is 1.21 bits per heavy atom. The van der Waals surface area contributed by atoms with Crippen molar-refractivity contribution in [3.8, 4) is 17.1 Å². The lowest BCUT2D eigenvalue weighted by Gasteiger charge is -2.04. The molecule has 0 saturated heterocycles. The molecule has 0 aliphatic rings. The smallest absolute Gasteiger partial charge is 0.191 e. The number of Topliss-reactive ketones (excluding diaryl/α,β-unsaturated/α-hetero) is 1. The number of carbonyl (C=O) groups excluding carboxylic acids is 1. The van der Waals surface area contributed by atoms with E-state index in [0.29, 0.717) is 5.75 Å². The standard InChI is InChI=1S/C17H17N3O2S2/c1-11-4-9-15(24-11)14(21)10-23-17-19-18-16(20(17)2)12-5-7-13(22-3)8-6-12/h4-9H,10H2,1-3H3. The summed E-state index contributed by atoms with van der Waals surface area (Å²) in [6, 6.07) is 11.5. The molecule has 1 aromatic carbocycles. The number of ketones is 1. The van der Waals surface area contributed by atoms with Crippen LogP contribution in [0.15, 0.2) is 41.6 Å². The van der Waals surface area contributed by atoms with E-state index in [1.165, 1.54) is 23.1 Å². The number of methoxy groups -OCH3 is 1. The van der Waals surface area contributed by atoms with E-state index in [1.54, 1.807) is 7.11 Å². The van der Waals surface area contributed by atoms with Crippen LogP contribution in [0.4, 0.5) is 0 Å². The van der Waals surface area contributed by atoms with Crippen molar-refractivity contribution in [2.75, 3.05) is 12.9 Å². The Morgan fingerprint density at radius 3 is 2.58 bits per heavy atom. The third-order valence-corrected chi connectivity index (χ3v) is 5.59. The number of ether oxygens (including phenoxy) is 1. The second kappa shape index (κ2) is 7.19. The SMILES string of the molecule is COc1ccc(-c2nnc(SCC(=O)c3ccc(C)s3)n2C)cc1. The topological polar surface area (TPSA) is 57.0 Å². The van der Waals surface area contributed by atoms with Crippen molar-refractivity contribution in [1.29, 1.82) is 0 Å². The molecule has 0 N–H and O–H groups in total. The Morgan fingerprint density at radius 2 is 1.96 bits per heavy atom. The highest BCUT2D eigenvalue weighted by Crippen LogP contribution is 2.25. The summed E-state index contributed by atoms with van der Waals surface area (Å²) in [4.78, 5) is 14.1. The predicted octanol–water partition coefficient (Wildman–Crippen LogP) is 3.84.